The second-order valence-corrected chi connectivity index (χ2v) is 4.72. The molecule has 0 unspecified atom stereocenters. The largest absolute Gasteiger partial charge is 0.309 e. The van der Waals surface area contributed by atoms with E-state index in [2.05, 4.69) is 40.9 Å². The van der Waals surface area contributed by atoms with Crippen LogP contribution in [0.4, 0.5) is 0 Å². The zero-order chi connectivity index (χ0) is 13.7. The van der Waals surface area contributed by atoms with Crippen LogP contribution < -0.4 is 5.32 Å². The van der Waals surface area contributed by atoms with Crippen LogP contribution in [0.15, 0.2) is 24.4 Å². The first-order valence-corrected chi connectivity index (χ1v) is 6.86. The van der Waals surface area contributed by atoms with Gasteiger partial charge in [0.1, 0.15) is 0 Å². The highest BCUT2D eigenvalue weighted by Crippen LogP contribution is 2.12. The fraction of sp³-hybridized carbons (Fsp3) is 0.467. The van der Waals surface area contributed by atoms with Crippen LogP contribution in [0.3, 0.4) is 0 Å². The minimum absolute atomic E-state index is 0.806. The molecule has 4 heteroatoms. The van der Waals surface area contributed by atoms with Crippen molar-refractivity contribution in [1.29, 1.82) is 0 Å². The van der Waals surface area contributed by atoms with Gasteiger partial charge in [-0.2, -0.15) is 5.10 Å². The number of rotatable bonds is 6. The molecule has 0 saturated carbocycles. The van der Waals surface area contributed by atoms with Gasteiger partial charge in [-0.05, 0) is 38.0 Å². The lowest BCUT2D eigenvalue weighted by atomic mass is 10.1. The maximum absolute atomic E-state index is 4.59. The van der Waals surface area contributed by atoms with E-state index in [0.717, 1.165) is 37.4 Å². The first-order valence-electron chi connectivity index (χ1n) is 6.86. The van der Waals surface area contributed by atoms with Gasteiger partial charge in [-0.1, -0.05) is 13.0 Å². The van der Waals surface area contributed by atoms with Gasteiger partial charge in [0.15, 0.2) is 0 Å². The van der Waals surface area contributed by atoms with Crippen molar-refractivity contribution in [2.45, 2.75) is 40.3 Å². The Morgan fingerprint density at radius 2 is 2.11 bits per heavy atom. The SMILES string of the molecule is CCc1c(C)nn(CCNCc2ccccn2)c1C. The highest BCUT2D eigenvalue weighted by molar-refractivity contribution is 5.24. The minimum atomic E-state index is 0.806. The first kappa shape index (κ1) is 13.7. The van der Waals surface area contributed by atoms with E-state index in [9.17, 15) is 0 Å². The van der Waals surface area contributed by atoms with Gasteiger partial charge in [-0.25, -0.2) is 0 Å². The molecule has 102 valence electrons. The monoisotopic (exact) mass is 258 g/mol. The number of aryl methyl sites for hydroxylation is 1. The van der Waals surface area contributed by atoms with Gasteiger partial charge in [0.25, 0.3) is 0 Å². The maximum Gasteiger partial charge on any atom is 0.0628 e. The second kappa shape index (κ2) is 6.48. The normalized spacial score (nSPS) is 10.9. The highest BCUT2D eigenvalue weighted by Gasteiger charge is 2.08. The van der Waals surface area contributed by atoms with Gasteiger partial charge in [0.05, 0.1) is 17.9 Å². The number of nitrogens with one attached hydrogen (secondary N) is 1. The van der Waals surface area contributed by atoms with Crippen molar-refractivity contribution in [3.63, 3.8) is 0 Å². The Bertz CT molecular complexity index is 516. The summed E-state index contributed by atoms with van der Waals surface area (Å²) >= 11 is 0. The lowest BCUT2D eigenvalue weighted by molar-refractivity contribution is 0.539. The van der Waals surface area contributed by atoms with Crippen molar-refractivity contribution >= 4 is 0 Å². The molecule has 2 aromatic rings. The Kier molecular flexibility index (Phi) is 4.68. The molecule has 2 rings (SSSR count). The van der Waals surface area contributed by atoms with E-state index in [-0.39, 0.29) is 0 Å². The molecule has 2 aromatic heterocycles. The maximum atomic E-state index is 4.59. The topological polar surface area (TPSA) is 42.7 Å². The molecule has 19 heavy (non-hydrogen) atoms. The molecule has 0 aliphatic heterocycles. The Balaban J connectivity index is 1.83. The third-order valence-electron chi connectivity index (χ3n) is 3.42. The molecule has 0 fully saturated rings. The van der Waals surface area contributed by atoms with Gasteiger partial charge < -0.3 is 5.32 Å². The van der Waals surface area contributed by atoms with Gasteiger partial charge in [0.2, 0.25) is 0 Å². The molecule has 2 heterocycles. The molecule has 0 radical (unpaired) electrons. The number of pyridine rings is 1. The van der Waals surface area contributed by atoms with Gasteiger partial charge in [-0.15, -0.1) is 0 Å². The van der Waals surface area contributed by atoms with E-state index in [1.54, 1.807) is 0 Å². The molecule has 0 aromatic carbocycles. The summed E-state index contributed by atoms with van der Waals surface area (Å²) in [6.07, 6.45) is 2.88. The average molecular weight is 258 g/mol. The van der Waals surface area contributed by atoms with E-state index in [1.165, 1.54) is 11.3 Å². The lowest BCUT2D eigenvalue weighted by Gasteiger charge is -2.06. The Morgan fingerprint density at radius 1 is 1.26 bits per heavy atom. The summed E-state index contributed by atoms with van der Waals surface area (Å²) in [5.74, 6) is 0. The zero-order valence-electron chi connectivity index (χ0n) is 12.0. The summed E-state index contributed by atoms with van der Waals surface area (Å²) < 4.78 is 2.10. The van der Waals surface area contributed by atoms with Gasteiger partial charge in [-0.3, -0.25) is 9.67 Å². The van der Waals surface area contributed by atoms with Crippen molar-refractivity contribution < 1.29 is 0 Å². The van der Waals surface area contributed by atoms with Crippen molar-refractivity contribution in [3.8, 4) is 0 Å². The van der Waals surface area contributed by atoms with E-state index in [4.69, 9.17) is 0 Å². The number of hydrogen-bond acceptors (Lipinski definition) is 3. The van der Waals surface area contributed by atoms with Crippen molar-refractivity contribution in [1.82, 2.24) is 20.1 Å². The Hall–Kier alpha value is -1.68. The minimum Gasteiger partial charge on any atom is -0.309 e. The standard InChI is InChI=1S/C15H22N4/c1-4-15-12(2)18-19(13(15)3)10-9-16-11-14-7-5-6-8-17-14/h5-8,16H,4,9-11H2,1-3H3. The number of hydrogen-bond donors (Lipinski definition) is 1. The number of aromatic nitrogens is 3. The fourth-order valence-corrected chi connectivity index (χ4v) is 2.37. The van der Waals surface area contributed by atoms with Crippen LogP contribution in [-0.4, -0.2) is 21.3 Å². The van der Waals surface area contributed by atoms with Crippen LogP contribution in [-0.2, 0) is 19.5 Å². The smallest absolute Gasteiger partial charge is 0.0628 e. The third-order valence-corrected chi connectivity index (χ3v) is 3.42. The average Bonchev–Trinajstić information content (AvgIpc) is 2.70. The summed E-state index contributed by atoms with van der Waals surface area (Å²) in [4.78, 5) is 4.29. The van der Waals surface area contributed by atoms with Crippen LogP contribution in [0.2, 0.25) is 0 Å². The van der Waals surface area contributed by atoms with Gasteiger partial charge >= 0.3 is 0 Å². The molecule has 0 spiro atoms. The summed E-state index contributed by atoms with van der Waals surface area (Å²) in [5, 5.41) is 7.99. The van der Waals surface area contributed by atoms with Gasteiger partial charge in [0, 0.05) is 25.0 Å². The van der Waals surface area contributed by atoms with Crippen LogP contribution >= 0.6 is 0 Å². The van der Waals surface area contributed by atoms with Crippen LogP contribution in [0.25, 0.3) is 0 Å². The van der Waals surface area contributed by atoms with E-state index in [1.807, 2.05) is 24.4 Å². The number of nitrogens with zero attached hydrogens (tertiary/aromatic N) is 3. The predicted octanol–water partition coefficient (Wildman–Crippen LogP) is 2.25. The Morgan fingerprint density at radius 3 is 2.74 bits per heavy atom. The summed E-state index contributed by atoms with van der Waals surface area (Å²) in [5.41, 5.74) is 4.90. The zero-order valence-corrected chi connectivity index (χ0v) is 12.0. The van der Waals surface area contributed by atoms with E-state index >= 15 is 0 Å². The molecular weight excluding hydrogens is 236 g/mol. The molecule has 0 amide bonds. The molecule has 4 nitrogen and oxygen atoms in total. The predicted molar refractivity (Wildman–Crippen MR) is 77.0 cm³/mol. The molecule has 0 aliphatic rings. The molecule has 0 aliphatic carbocycles. The summed E-state index contributed by atoms with van der Waals surface area (Å²) in [7, 11) is 0. The van der Waals surface area contributed by atoms with Crippen molar-refractivity contribution in [3.05, 3.63) is 47.0 Å². The highest BCUT2D eigenvalue weighted by atomic mass is 15.3. The summed E-state index contributed by atoms with van der Waals surface area (Å²) in [6.45, 7) is 9.03. The molecular formula is C15H22N4. The van der Waals surface area contributed by atoms with E-state index < -0.39 is 0 Å². The van der Waals surface area contributed by atoms with Crippen LogP contribution in [0.1, 0.15) is 29.6 Å². The van der Waals surface area contributed by atoms with Crippen molar-refractivity contribution in [2.24, 2.45) is 0 Å². The lowest BCUT2D eigenvalue weighted by Crippen LogP contribution is -2.21. The van der Waals surface area contributed by atoms with E-state index in [0.29, 0.717) is 0 Å². The first-order chi connectivity index (χ1) is 9.22. The molecule has 0 bridgehead atoms. The molecule has 1 N–H and O–H groups in total. The fourth-order valence-electron chi connectivity index (χ4n) is 2.37. The Labute approximate surface area is 114 Å². The second-order valence-electron chi connectivity index (χ2n) is 4.72. The van der Waals surface area contributed by atoms with Crippen LogP contribution in [0, 0.1) is 13.8 Å². The molecule has 0 saturated heterocycles. The molecule has 0 atom stereocenters. The quantitative estimate of drug-likeness (QED) is 0.808. The van der Waals surface area contributed by atoms with Crippen molar-refractivity contribution in [2.75, 3.05) is 6.54 Å². The third kappa shape index (κ3) is 3.41. The van der Waals surface area contributed by atoms with Crippen LogP contribution in [0.5, 0.6) is 0 Å². The summed E-state index contributed by atoms with van der Waals surface area (Å²) in [6, 6.07) is 5.98.